The monoisotopic (exact) mass is 325 g/mol. The van der Waals surface area contributed by atoms with Gasteiger partial charge in [0.25, 0.3) is 0 Å². The summed E-state index contributed by atoms with van der Waals surface area (Å²) in [5, 5.41) is 0. The van der Waals surface area contributed by atoms with Gasteiger partial charge < -0.3 is 9.30 Å². The molecule has 1 saturated heterocycles. The molecule has 4 rings (SSSR count). The summed E-state index contributed by atoms with van der Waals surface area (Å²) >= 11 is 0. The van der Waals surface area contributed by atoms with Crippen LogP contribution in [0.15, 0.2) is 30.9 Å². The van der Waals surface area contributed by atoms with Gasteiger partial charge >= 0.3 is 0 Å². The molecule has 1 aromatic heterocycles. The van der Waals surface area contributed by atoms with E-state index < -0.39 is 0 Å². The quantitative estimate of drug-likeness (QED) is 0.845. The van der Waals surface area contributed by atoms with Crippen molar-refractivity contribution in [3.63, 3.8) is 0 Å². The average Bonchev–Trinajstić information content (AvgIpc) is 3.25. The smallest absolute Gasteiger partial charge is 0.123 e. The van der Waals surface area contributed by atoms with Crippen LogP contribution in [0.3, 0.4) is 0 Å². The molecule has 0 unspecified atom stereocenters. The van der Waals surface area contributed by atoms with Crippen molar-refractivity contribution in [1.29, 1.82) is 0 Å². The Morgan fingerprint density at radius 3 is 2.88 bits per heavy atom. The maximum atomic E-state index is 5.69. The Balaban J connectivity index is 1.44. The van der Waals surface area contributed by atoms with Crippen LogP contribution in [0.1, 0.15) is 36.0 Å². The Hall–Kier alpha value is -1.81. The van der Waals surface area contributed by atoms with E-state index in [1.54, 1.807) is 7.11 Å². The van der Waals surface area contributed by atoms with Crippen LogP contribution < -0.4 is 4.74 Å². The highest BCUT2D eigenvalue weighted by Crippen LogP contribution is 2.31. The molecule has 1 aromatic carbocycles. The molecule has 1 aliphatic carbocycles. The van der Waals surface area contributed by atoms with E-state index >= 15 is 0 Å². The molecule has 1 aliphatic heterocycles. The van der Waals surface area contributed by atoms with E-state index in [1.807, 2.05) is 12.5 Å². The number of likely N-dealkylation sites (tertiary alicyclic amines) is 1. The summed E-state index contributed by atoms with van der Waals surface area (Å²) in [6, 6.07) is 4.69. The summed E-state index contributed by atoms with van der Waals surface area (Å²) in [5.74, 6) is 1.79. The number of rotatable bonds is 5. The molecular formula is C20H27N3O. The Labute approximate surface area is 144 Å². The van der Waals surface area contributed by atoms with Crippen molar-refractivity contribution in [2.24, 2.45) is 5.92 Å². The van der Waals surface area contributed by atoms with Gasteiger partial charge in [-0.25, -0.2) is 4.98 Å². The molecule has 24 heavy (non-hydrogen) atoms. The minimum absolute atomic E-state index is 0.716. The Kier molecular flexibility index (Phi) is 4.56. The lowest BCUT2D eigenvalue weighted by Crippen LogP contribution is -2.36. The third kappa shape index (κ3) is 3.34. The molecule has 0 saturated carbocycles. The lowest BCUT2D eigenvalue weighted by molar-refractivity contribution is 0.154. The largest absolute Gasteiger partial charge is 0.496 e. The van der Waals surface area contributed by atoms with E-state index in [2.05, 4.69) is 32.8 Å². The molecule has 2 aliphatic rings. The molecule has 0 spiro atoms. The predicted molar refractivity (Wildman–Crippen MR) is 95.2 cm³/mol. The Morgan fingerprint density at radius 2 is 2.08 bits per heavy atom. The van der Waals surface area contributed by atoms with Gasteiger partial charge in [0.05, 0.1) is 13.4 Å². The zero-order valence-corrected chi connectivity index (χ0v) is 14.6. The molecule has 0 amide bonds. The van der Waals surface area contributed by atoms with Crippen molar-refractivity contribution in [2.45, 2.75) is 45.2 Å². The standard InChI is InChI=1S/C20H27N3O/c1-24-20-11-18-6-2-5-17(18)10-19(20)14-22-8-3-4-16(12-22)13-23-9-7-21-15-23/h7,9-11,15-16H,2-6,8,12-14H2,1H3/t16-/m0/s1. The van der Waals surface area contributed by atoms with Gasteiger partial charge in [0.15, 0.2) is 0 Å². The van der Waals surface area contributed by atoms with Crippen molar-refractivity contribution >= 4 is 0 Å². The zero-order valence-electron chi connectivity index (χ0n) is 14.6. The van der Waals surface area contributed by atoms with Gasteiger partial charge in [0.1, 0.15) is 5.75 Å². The van der Waals surface area contributed by atoms with Crippen molar-refractivity contribution < 1.29 is 4.74 Å². The normalized spacial score (nSPS) is 21.0. The maximum Gasteiger partial charge on any atom is 0.123 e. The van der Waals surface area contributed by atoms with E-state index in [-0.39, 0.29) is 0 Å². The van der Waals surface area contributed by atoms with Crippen LogP contribution in [0.2, 0.25) is 0 Å². The van der Waals surface area contributed by atoms with Gasteiger partial charge in [-0.1, -0.05) is 6.07 Å². The number of benzene rings is 1. The van der Waals surface area contributed by atoms with E-state index in [0.717, 1.165) is 18.8 Å². The molecule has 2 aromatic rings. The summed E-state index contributed by atoms with van der Waals surface area (Å²) in [6.07, 6.45) is 12.2. The van der Waals surface area contributed by atoms with Crippen molar-refractivity contribution in [2.75, 3.05) is 20.2 Å². The number of hydrogen-bond acceptors (Lipinski definition) is 3. The van der Waals surface area contributed by atoms with Crippen LogP contribution in [0.25, 0.3) is 0 Å². The fourth-order valence-electron chi connectivity index (χ4n) is 4.34. The second-order valence-corrected chi connectivity index (χ2v) is 7.29. The number of hydrogen-bond donors (Lipinski definition) is 0. The minimum atomic E-state index is 0.716. The highest BCUT2D eigenvalue weighted by Gasteiger charge is 2.22. The fraction of sp³-hybridized carbons (Fsp3) is 0.550. The van der Waals surface area contributed by atoms with Gasteiger partial charge in [0, 0.05) is 37.6 Å². The van der Waals surface area contributed by atoms with E-state index in [9.17, 15) is 0 Å². The lowest BCUT2D eigenvalue weighted by atomic mass is 9.97. The van der Waals surface area contributed by atoms with Crippen LogP contribution in [0.5, 0.6) is 5.75 Å². The molecule has 1 fully saturated rings. The molecule has 1 atom stereocenters. The van der Waals surface area contributed by atoms with E-state index in [0.29, 0.717) is 5.92 Å². The first-order chi connectivity index (χ1) is 11.8. The van der Waals surface area contributed by atoms with Gasteiger partial charge in [-0.05, 0) is 61.8 Å². The van der Waals surface area contributed by atoms with Gasteiger partial charge in [-0.15, -0.1) is 0 Å². The number of aryl methyl sites for hydroxylation is 2. The first-order valence-electron chi connectivity index (χ1n) is 9.18. The molecule has 0 radical (unpaired) electrons. The van der Waals surface area contributed by atoms with E-state index in [4.69, 9.17) is 4.74 Å². The number of fused-ring (bicyclic) bond motifs is 1. The van der Waals surface area contributed by atoms with Gasteiger partial charge in [-0.2, -0.15) is 0 Å². The number of piperidine rings is 1. The summed E-state index contributed by atoms with van der Waals surface area (Å²) in [5.41, 5.74) is 4.39. The highest BCUT2D eigenvalue weighted by atomic mass is 16.5. The van der Waals surface area contributed by atoms with Gasteiger partial charge in [-0.3, -0.25) is 4.90 Å². The van der Waals surface area contributed by atoms with Crippen LogP contribution in [0.4, 0.5) is 0 Å². The zero-order chi connectivity index (χ0) is 16.4. The first kappa shape index (κ1) is 15.7. The number of imidazole rings is 1. The van der Waals surface area contributed by atoms with Crippen molar-refractivity contribution in [1.82, 2.24) is 14.5 Å². The summed E-state index contributed by atoms with van der Waals surface area (Å²) < 4.78 is 7.90. The lowest BCUT2D eigenvalue weighted by Gasteiger charge is -2.33. The van der Waals surface area contributed by atoms with Crippen molar-refractivity contribution in [3.05, 3.63) is 47.5 Å². The van der Waals surface area contributed by atoms with Gasteiger partial charge in [0.2, 0.25) is 0 Å². The highest BCUT2D eigenvalue weighted by molar-refractivity contribution is 5.44. The molecule has 0 bridgehead atoms. The Bertz CT molecular complexity index is 680. The molecule has 128 valence electrons. The second-order valence-electron chi connectivity index (χ2n) is 7.29. The van der Waals surface area contributed by atoms with Crippen molar-refractivity contribution in [3.8, 4) is 5.75 Å². The molecule has 0 N–H and O–H groups in total. The number of methoxy groups -OCH3 is 1. The third-order valence-electron chi connectivity index (χ3n) is 5.52. The number of aromatic nitrogens is 2. The summed E-state index contributed by atoms with van der Waals surface area (Å²) in [7, 11) is 1.80. The summed E-state index contributed by atoms with van der Waals surface area (Å²) in [6.45, 7) is 4.45. The minimum Gasteiger partial charge on any atom is -0.496 e. The van der Waals surface area contributed by atoms with Crippen LogP contribution in [-0.4, -0.2) is 34.7 Å². The predicted octanol–water partition coefficient (Wildman–Crippen LogP) is 3.29. The maximum absolute atomic E-state index is 5.69. The topological polar surface area (TPSA) is 30.3 Å². The molecule has 2 heterocycles. The van der Waals surface area contributed by atoms with E-state index in [1.165, 1.54) is 61.9 Å². The fourth-order valence-corrected chi connectivity index (χ4v) is 4.34. The van der Waals surface area contributed by atoms with Crippen LogP contribution in [-0.2, 0) is 25.9 Å². The van der Waals surface area contributed by atoms with Crippen LogP contribution >= 0.6 is 0 Å². The molecular weight excluding hydrogens is 298 g/mol. The molecule has 4 nitrogen and oxygen atoms in total. The number of ether oxygens (including phenoxy) is 1. The SMILES string of the molecule is COc1cc2c(cc1CN1CCC[C@H](Cn3ccnc3)C1)CCC2. The number of nitrogens with zero attached hydrogens (tertiary/aromatic N) is 3. The third-order valence-corrected chi connectivity index (χ3v) is 5.52. The second kappa shape index (κ2) is 6.98. The Morgan fingerprint density at radius 1 is 1.21 bits per heavy atom. The molecule has 4 heteroatoms. The van der Waals surface area contributed by atoms with Crippen LogP contribution in [0, 0.1) is 5.92 Å². The first-order valence-corrected chi connectivity index (χ1v) is 9.18. The summed E-state index contributed by atoms with van der Waals surface area (Å²) in [4.78, 5) is 6.76. The average molecular weight is 325 g/mol.